The number of hydrogen-bond donors (Lipinski definition) is 3. The van der Waals surface area contributed by atoms with Crippen molar-refractivity contribution in [1.82, 2.24) is 15.1 Å². The molecule has 1 aliphatic rings. The number of nitrogens with one attached hydrogen (secondary N) is 1. The van der Waals surface area contributed by atoms with Gasteiger partial charge in [0.1, 0.15) is 5.60 Å². The van der Waals surface area contributed by atoms with Crippen LogP contribution in [0.2, 0.25) is 0 Å². The van der Waals surface area contributed by atoms with Crippen molar-refractivity contribution in [3.05, 3.63) is 35.9 Å². The first-order valence-electron chi connectivity index (χ1n) is 11.7. The first-order valence-corrected chi connectivity index (χ1v) is 11.7. The Balaban J connectivity index is 2.06. The molecule has 1 saturated heterocycles. The summed E-state index contributed by atoms with van der Waals surface area (Å²) in [5.41, 5.74) is 6.43. The Hall–Kier alpha value is -2.16. The highest BCUT2D eigenvalue weighted by Gasteiger charge is 2.35. The molecule has 8 heteroatoms. The number of β-amino-alcohol motifs (C(OH)–C–C–N with tert-alkyl or cyclic N) is 1. The van der Waals surface area contributed by atoms with Gasteiger partial charge in [0.05, 0.1) is 6.10 Å². The van der Waals surface area contributed by atoms with Gasteiger partial charge in [-0.25, -0.2) is 4.79 Å². The number of hydrogen-bond acceptors (Lipinski definition) is 6. The predicted octanol–water partition coefficient (Wildman–Crippen LogP) is 2.14. The third-order valence-corrected chi connectivity index (χ3v) is 5.42. The molecule has 4 N–H and O–H groups in total. The zero-order valence-corrected chi connectivity index (χ0v) is 21.0. The zero-order chi connectivity index (χ0) is 24.8. The first kappa shape index (κ1) is 27.1. The second-order valence-electron chi connectivity index (χ2n) is 11.0. The fourth-order valence-electron chi connectivity index (χ4n) is 3.90. The molecule has 1 heterocycles. The molecule has 1 aromatic carbocycles. The number of benzene rings is 1. The molecule has 0 saturated carbocycles. The number of rotatable bonds is 7. The van der Waals surface area contributed by atoms with Crippen LogP contribution in [-0.4, -0.2) is 82.4 Å². The van der Waals surface area contributed by atoms with Gasteiger partial charge >= 0.3 is 6.09 Å². The summed E-state index contributed by atoms with van der Waals surface area (Å²) in [5, 5.41) is 13.8. The maximum atomic E-state index is 12.7. The Morgan fingerprint density at radius 1 is 1.15 bits per heavy atom. The fraction of sp³-hybridized carbons (Fsp3) is 0.680. The topological polar surface area (TPSA) is 108 Å². The van der Waals surface area contributed by atoms with E-state index in [-0.39, 0.29) is 30.0 Å². The number of nitrogens with two attached hydrogens (primary N) is 1. The van der Waals surface area contributed by atoms with Crippen LogP contribution in [0.5, 0.6) is 0 Å². The molecule has 1 unspecified atom stereocenters. The average molecular weight is 463 g/mol. The maximum Gasteiger partial charge on any atom is 0.410 e. The van der Waals surface area contributed by atoms with Crippen molar-refractivity contribution < 1.29 is 19.4 Å². The van der Waals surface area contributed by atoms with Crippen LogP contribution in [0.3, 0.4) is 0 Å². The van der Waals surface area contributed by atoms with Gasteiger partial charge in [-0.3, -0.25) is 9.69 Å². The van der Waals surface area contributed by atoms with Crippen LogP contribution in [0.4, 0.5) is 4.79 Å². The largest absolute Gasteiger partial charge is 0.444 e. The maximum absolute atomic E-state index is 12.7. The van der Waals surface area contributed by atoms with Crippen LogP contribution in [0.1, 0.15) is 53.5 Å². The molecular formula is C25H42N4O4. The summed E-state index contributed by atoms with van der Waals surface area (Å²) in [6.45, 7) is 13.0. The van der Waals surface area contributed by atoms with Gasteiger partial charge in [-0.05, 0) is 53.5 Å². The van der Waals surface area contributed by atoms with Gasteiger partial charge in [-0.1, -0.05) is 30.3 Å². The minimum Gasteiger partial charge on any atom is -0.444 e. The molecule has 33 heavy (non-hydrogen) atoms. The lowest BCUT2D eigenvalue weighted by atomic mass is 10.00. The van der Waals surface area contributed by atoms with E-state index >= 15 is 0 Å². The van der Waals surface area contributed by atoms with Crippen molar-refractivity contribution >= 4 is 12.0 Å². The lowest BCUT2D eigenvalue weighted by Crippen LogP contribution is -2.59. The summed E-state index contributed by atoms with van der Waals surface area (Å²) in [4.78, 5) is 29.0. The van der Waals surface area contributed by atoms with Crippen molar-refractivity contribution in [3.63, 3.8) is 0 Å². The van der Waals surface area contributed by atoms with Gasteiger partial charge in [0.2, 0.25) is 5.91 Å². The summed E-state index contributed by atoms with van der Waals surface area (Å²) in [5.74, 6) is -0.0911. The number of carbonyl (C=O) groups is 2. The third-order valence-electron chi connectivity index (χ3n) is 5.42. The molecule has 0 aromatic heterocycles. The van der Waals surface area contributed by atoms with Crippen LogP contribution in [0.15, 0.2) is 30.3 Å². The highest BCUT2D eigenvalue weighted by molar-refractivity contribution is 5.77. The molecule has 8 nitrogen and oxygen atoms in total. The lowest BCUT2D eigenvalue weighted by molar-refractivity contribution is -0.124. The van der Waals surface area contributed by atoms with Crippen LogP contribution in [0, 0.1) is 0 Å². The Morgan fingerprint density at radius 3 is 2.36 bits per heavy atom. The monoisotopic (exact) mass is 462 g/mol. The second kappa shape index (κ2) is 11.3. The second-order valence-corrected chi connectivity index (χ2v) is 11.0. The van der Waals surface area contributed by atoms with Crippen LogP contribution in [-0.2, 0) is 16.0 Å². The summed E-state index contributed by atoms with van der Waals surface area (Å²) >= 11 is 0. The summed E-state index contributed by atoms with van der Waals surface area (Å²) in [6, 6.07) is 9.16. The van der Waals surface area contributed by atoms with Crippen molar-refractivity contribution in [2.75, 3.05) is 26.2 Å². The van der Waals surface area contributed by atoms with E-state index in [2.05, 4.69) is 10.2 Å². The van der Waals surface area contributed by atoms with Gasteiger partial charge in [-0.2, -0.15) is 0 Å². The minimum atomic E-state index is -0.758. The standard InChI is InChI=1S/C25H42N4O4/c1-24(2,3)27-22(31)15-19-16-29(23(32)33-25(4,5)6)13-12-28(19)17-21(30)20(26)14-18-10-8-7-9-11-18/h7-11,19-21,30H,12-17,26H2,1-6H3,(H,27,31)/t19?,20-,21+/m0/s1. The van der Waals surface area contributed by atoms with E-state index in [9.17, 15) is 14.7 Å². The molecule has 1 fully saturated rings. The van der Waals surface area contributed by atoms with E-state index in [1.807, 2.05) is 71.9 Å². The smallest absolute Gasteiger partial charge is 0.410 e. The van der Waals surface area contributed by atoms with Crippen molar-refractivity contribution in [2.24, 2.45) is 5.73 Å². The molecule has 0 radical (unpaired) electrons. The number of piperazine rings is 1. The lowest BCUT2D eigenvalue weighted by Gasteiger charge is -2.42. The van der Waals surface area contributed by atoms with Crippen LogP contribution in [0.25, 0.3) is 0 Å². The molecule has 1 aliphatic heterocycles. The number of ether oxygens (including phenoxy) is 1. The van der Waals surface area contributed by atoms with E-state index in [0.717, 1.165) is 5.56 Å². The highest BCUT2D eigenvalue weighted by atomic mass is 16.6. The van der Waals surface area contributed by atoms with Crippen LogP contribution >= 0.6 is 0 Å². The van der Waals surface area contributed by atoms with Gasteiger partial charge in [-0.15, -0.1) is 0 Å². The molecule has 2 rings (SSSR count). The van der Waals surface area contributed by atoms with E-state index < -0.39 is 17.7 Å². The van der Waals surface area contributed by atoms with E-state index in [1.165, 1.54) is 0 Å². The third kappa shape index (κ3) is 9.70. The van der Waals surface area contributed by atoms with Gasteiger partial charge in [0.25, 0.3) is 0 Å². The molecule has 186 valence electrons. The Bertz CT molecular complexity index is 773. The molecule has 3 atom stereocenters. The number of aliphatic hydroxyl groups is 1. The van der Waals surface area contributed by atoms with Crippen molar-refractivity contribution in [1.29, 1.82) is 0 Å². The predicted molar refractivity (Wildman–Crippen MR) is 130 cm³/mol. The summed E-state index contributed by atoms with van der Waals surface area (Å²) in [6.07, 6.45) is -0.358. The van der Waals surface area contributed by atoms with Crippen molar-refractivity contribution in [2.45, 2.75) is 83.7 Å². The molecule has 0 bridgehead atoms. The average Bonchev–Trinajstić information content (AvgIpc) is 2.67. The number of carbonyl (C=O) groups excluding carboxylic acids is 2. The highest BCUT2D eigenvalue weighted by Crippen LogP contribution is 2.19. The van der Waals surface area contributed by atoms with E-state index in [1.54, 1.807) is 4.90 Å². The Labute approximate surface area is 198 Å². The van der Waals surface area contributed by atoms with E-state index in [4.69, 9.17) is 10.5 Å². The van der Waals surface area contributed by atoms with Gasteiger partial charge < -0.3 is 25.8 Å². The zero-order valence-electron chi connectivity index (χ0n) is 21.0. The van der Waals surface area contributed by atoms with Crippen LogP contribution < -0.4 is 11.1 Å². The molecular weight excluding hydrogens is 420 g/mol. The number of amides is 2. The number of nitrogens with zero attached hydrogens (tertiary/aromatic N) is 2. The summed E-state index contributed by atoms with van der Waals surface area (Å²) < 4.78 is 5.53. The van der Waals surface area contributed by atoms with Crippen molar-refractivity contribution in [3.8, 4) is 0 Å². The minimum absolute atomic E-state index is 0.0911. The van der Waals surface area contributed by atoms with Gasteiger partial charge in [0.15, 0.2) is 0 Å². The first-order chi connectivity index (χ1) is 15.2. The Morgan fingerprint density at radius 2 is 1.79 bits per heavy atom. The summed E-state index contributed by atoms with van der Waals surface area (Å²) in [7, 11) is 0. The normalized spacial score (nSPS) is 19.6. The van der Waals surface area contributed by atoms with E-state index in [0.29, 0.717) is 32.6 Å². The van der Waals surface area contributed by atoms with Gasteiger partial charge in [0, 0.05) is 50.2 Å². The molecule has 1 aromatic rings. The Kier molecular flexibility index (Phi) is 9.29. The molecule has 0 aliphatic carbocycles. The molecule has 0 spiro atoms. The number of aliphatic hydroxyl groups excluding tert-OH is 1. The quantitative estimate of drug-likeness (QED) is 0.573. The fourth-order valence-corrected chi connectivity index (χ4v) is 3.90. The molecule has 2 amide bonds. The SMILES string of the molecule is CC(C)(C)NC(=O)CC1CN(C(=O)OC(C)(C)C)CCN1C[C@@H](O)[C@@H](N)Cc1ccccc1.